The minimum absolute atomic E-state index is 0.189. The summed E-state index contributed by atoms with van der Waals surface area (Å²) in [4.78, 5) is 22.3. The Morgan fingerprint density at radius 1 is 0.902 bits per heavy atom. The number of carbonyl (C=O) groups is 1. The van der Waals surface area contributed by atoms with E-state index in [1.807, 2.05) is 53.9 Å². The quantitative estimate of drug-likeness (QED) is 0.157. The fraction of sp³-hybridized carbons (Fsp3) is 0.138. The van der Waals surface area contributed by atoms with E-state index in [9.17, 15) is 4.79 Å². The van der Waals surface area contributed by atoms with Gasteiger partial charge in [-0.15, -0.1) is 11.3 Å². The summed E-state index contributed by atoms with van der Waals surface area (Å²) in [7, 11) is 4.67. The van der Waals surface area contributed by atoms with Crippen LogP contribution in [0, 0.1) is 0 Å². The molecule has 0 spiro atoms. The second-order valence-corrected chi connectivity index (χ2v) is 10.4. The van der Waals surface area contributed by atoms with Crippen molar-refractivity contribution in [1.29, 1.82) is 0 Å². The number of aromatic nitrogens is 2. The van der Waals surface area contributed by atoms with Gasteiger partial charge >= 0.3 is 6.09 Å². The number of ether oxygens (including phenoxy) is 4. The van der Waals surface area contributed by atoms with Crippen molar-refractivity contribution in [3.05, 3.63) is 77.7 Å². The Bertz CT molecular complexity index is 1630. The van der Waals surface area contributed by atoms with Crippen molar-refractivity contribution in [2.75, 3.05) is 37.7 Å². The van der Waals surface area contributed by atoms with Crippen molar-refractivity contribution in [3.63, 3.8) is 0 Å². The highest BCUT2D eigenvalue weighted by Crippen LogP contribution is 2.43. The number of hydrogen-bond donors (Lipinski definition) is 3. The maximum absolute atomic E-state index is 12.3. The van der Waals surface area contributed by atoms with Gasteiger partial charge in [-0.05, 0) is 17.7 Å². The van der Waals surface area contributed by atoms with Crippen molar-refractivity contribution in [3.8, 4) is 38.4 Å². The molecule has 2 aromatic heterocycles. The first-order chi connectivity index (χ1) is 20.0. The van der Waals surface area contributed by atoms with Gasteiger partial charge in [0.1, 0.15) is 22.3 Å². The van der Waals surface area contributed by atoms with Crippen LogP contribution in [-0.2, 0) is 11.3 Å². The number of methoxy groups -OCH3 is 3. The van der Waals surface area contributed by atoms with Gasteiger partial charge < -0.3 is 30.0 Å². The van der Waals surface area contributed by atoms with Crippen LogP contribution < -0.4 is 30.6 Å². The Morgan fingerprint density at radius 2 is 1.66 bits per heavy atom. The highest BCUT2D eigenvalue weighted by Gasteiger charge is 2.18. The lowest BCUT2D eigenvalue weighted by Crippen LogP contribution is -2.13. The van der Waals surface area contributed by atoms with Crippen LogP contribution in [0.15, 0.2) is 72.1 Å². The SMILES string of the molecule is COc1cc(Nc2nc(N)c(-c3nc(-c4cccc(NC(=O)OCc5ccccc5)c4)cs3)s2)cc(OC)c1OC. The number of hydrogen-bond acceptors (Lipinski definition) is 11. The third-order valence-corrected chi connectivity index (χ3v) is 7.87. The molecular formula is C29H27N5O5S2. The standard InChI is InChI=1S/C29H27N5O5S2/c1-36-22-13-20(14-23(37-2)24(22)38-3)31-28-34-26(30)25(41-28)27-33-21(16-40-27)18-10-7-11-19(12-18)32-29(35)39-15-17-8-5-4-6-9-17/h4-14,16H,15,30H2,1-3H3,(H,31,34)(H,32,35). The number of carbonyl (C=O) groups excluding carboxylic acids is 1. The van der Waals surface area contributed by atoms with E-state index in [2.05, 4.69) is 15.6 Å². The Morgan fingerprint density at radius 3 is 2.37 bits per heavy atom. The topological polar surface area (TPSA) is 130 Å². The number of anilines is 4. The average molecular weight is 590 g/mol. The van der Waals surface area contributed by atoms with Crippen LogP contribution in [0.25, 0.3) is 21.1 Å². The highest BCUT2D eigenvalue weighted by molar-refractivity contribution is 7.23. The molecule has 0 radical (unpaired) electrons. The molecule has 0 aliphatic rings. The number of nitrogens with zero attached hydrogens (tertiary/aromatic N) is 2. The van der Waals surface area contributed by atoms with Gasteiger partial charge in [0.05, 0.1) is 27.0 Å². The fourth-order valence-electron chi connectivity index (χ4n) is 3.96. The van der Waals surface area contributed by atoms with Crippen molar-refractivity contribution < 1.29 is 23.7 Å². The zero-order chi connectivity index (χ0) is 28.8. The largest absolute Gasteiger partial charge is 0.493 e. The van der Waals surface area contributed by atoms with Crippen LogP contribution in [0.1, 0.15) is 5.56 Å². The lowest BCUT2D eigenvalue weighted by atomic mass is 10.1. The molecule has 0 unspecified atom stereocenters. The summed E-state index contributed by atoms with van der Waals surface area (Å²) in [6, 6.07) is 20.5. The van der Waals surface area contributed by atoms with E-state index in [-0.39, 0.29) is 6.61 Å². The Balaban J connectivity index is 1.29. The van der Waals surface area contributed by atoms with Crippen LogP contribution in [0.2, 0.25) is 0 Å². The molecule has 0 saturated carbocycles. The number of amides is 1. The summed E-state index contributed by atoms with van der Waals surface area (Å²) in [6.07, 6.45) is -0.533. The molecule has 0 aliphatic heterocycles. The molecule has 0 saturated heterocycles. The highest BCUT2D eigenvalue weighted by atomic mass is 32.1. The van der Waals surface area contributed by atoms with E-state index < -0.39 is 6.09 Å². The molecule has 3 aromatic carbocycles. The number of thiazole rings is 2. The molecular weight excluding hydrogens is 562 g/mol. The van der Waals surface area contributed by atoms with Gasteiger partial charge in [-0.3, -0.25) is 5.32 Å². The van der Waals surface area contributed by atoms with E-state index in [0.29, 0.717) is 39.6 Å². The summed E-state index contributed by atoms with van der Waals surface area (Å²) < 4.78 is 21.6. The van der Waals surface area contributed by atoms with Crippen LogP contribution in [0.5, 0.6) is 17.2 Å². The molecule has 0 bridgehead atoms. The van der Waals surface area contributed by atoms with Gasteiger partial charge in [0, 0.05) is 34.5 Å². The second kappa shape index (κ2) is 12.6. The van der Waals surface area contributed by atoms with Crippen molar-refractivity contribution in [1.82, 2.24) is 9.97 Å². The minimum atomic E-state index is -0.533. The number of benzene rings is 3. The summed E-state index contributed by atoms with van der Waals surface area (Å²) in [5.41, 5.74) is 10.1. The predicted octanol–water partition coefficient (Wildman–Crippen LogP) is 7.03. The van der Waals surface area contributed by atoms with Gasteiger partial charge in [0.15, 0.2) is 16.6 Å². The first-order valence-electron chi connectivity index (χ1n) is 12.3. The lowest BCUT2D eigenvalue weighted by Gasteiger charge is -2.14. The Hall–Kier alpha value is -4.81. The van der Waals surface area contributed by atoms with Crippen LogP contribution in [-0.4, -0.2) is 37.4 Å². The van der Waals surface area contributed by atoms with E-state index in [1.165, 1.54) is 22.7 Å². The number of nitrogens with two attached hydrogens (primary N) is 1. The summed E-state index contributed by atoms with van der Waals surface area (Å²) >= 11 is 2.84. The molecule has 210 valence electrons. The van der Waals surface area contributed by atoms with Crippen molar-refractivity contribution in [2.45, 2.75) is 6.61 Å². The lowest BCUT2D eigenvalue weighted by molar-refractivity contribution is 0.155. The zero-order valence-corrected chi connectivity index (χ0v) is 24.1. The van der Waals surface area contributed by atoms with Crippen LogP contribution in [0.3, 0.4) is 0 Å². The number of nitrogens with one attached hydrogen (secondary N) is 2. The summed E-state index contributed by atoms with van der Waals surface area (Å²) in [6.45, 7) is 0.189. The molecule has 0 aliphatic carbocycles. The smallest absolute Gasteiger partial charge is 0.411 e. The number of rotatable bonds is 10. The molecule has 10 nitrogen and oxygen atoms in total. The molecule has 2 heterocycles. The van der Waals surface area contributed by atoms with E-state index >= 15 is 0 Å². The first kappa shape index (κ1) is 27.7. The third kappa shape index (κ3) is 6.51. The van der Waals surface area contributed by atoms with Crippen LogP contribution >= 0.6 is 22.7 Å². The maximum Gasteiger partial charge on any atom is 0.411 e. The molecule has 0 atom stereocenters. The molecule has 5 rings (SSSR count). The van der Waals surface area contributed by atoms with Gasteiger partial charge in [-0.1, -0.05) is 53.8 Å². The summed E-state index contributed by atoms with van der Waals surface area (Å²) in [5.74, 6) is 1.90. The average Bonchev–Trinajstić information content (AvgIpc) is 3.62. The molecule has 12 heteroatoms. The monoisotopic (exact) mass is 589 g/mol. The van der Waals surface area contributed by atoms with Crippen molar-refractivity contribution >= 4 is 51.1 Å². The Labute approximate surface area is 244 Å². The van der Waals surface area contributed by atoms with Crippen LogP contribution in [0.4, 0.5) is 27.1 Å². The predicted molar refractivity (Wildman–Crippen MR) is 163 cm³/mol. The maximum atomic E-state index is 12.3. The molecule has 0 fully saturated rings. The minimum Gasteiger partial charge on any atom is -0.493 e. The van der Waals surface area contributed by atoms with Gasteiger partial charge in [0.2, 0.25) is 5.75 Å². The zero-order valence-electron chi connectivity index (χ0n) is 22.5. The fourth-order valence-corrected chi connectivity index (χ4v) is 5.79. The molecule has 5 aromatic rings. The third-order valence-electron chi connectivity index (χ3n) is 5.89. The van der Waals surface area contributed by atoms with Gasteiger partial charge in [0.25, 0.3) is 0 Å². The van der Waals surface area contributed by atoms with E-state index in [0.717, 1.165) is 26.7 Å². The molecule has 4 N–H and O–H groups in total. The molecule has 1 amide bonds. The van der Waals surface area contributed by atoms with Gasteiger partial charge in [-0.2, -0.15) is 0 Å². The van der Waals surface area contributed by atoms with Crippen molar-refractivity contribution in [2.24, 2.45) is 0 Å². The normalized spacial score (nSPS) is 10.6. The van der Waals surface area contributed by atoms with E-state index in [1.54, 1.807) is 39.5 Å². The summed E-state index contributed by atoms with van der Waals surface area (Å²) in [5, 5.41) is 9.28. The van der Waals surface area contributed by atoms with E-state index in [4.69, 9.17) is 29.7 Å². The number of nitrogen functional groups attached to an aromatic ring is 1. The Kier molecular flexibility index (Phi) is 8.51. The second-order valence-electron chi connectivity index (χ2n) is 8.58. The first-order valence-corrected chi connectivity index (χ1v) is 14.0. The molecule has 41 heavy (non-hydrogen) atoms. The van der Waals surface area contributed by atoms with Gasteiger partial charge in [-0.25, -0.2) is 14.8 Å².